The molecule has 1 heterocycles. The minimum atomic E-state index is -0.233. The topological polar surface area (TPSA) is 61.5 Å². The number of benzene rings is 1. The molecule has 0 saturated heterocycles. The average molecular weight is 221 g/mol. The molecule has 4 nitrogen and oxygen atoms in total. The molecule has 0 aliphatic carbocycles. The largest absolute Gasteiger partial charge is 0.490 e. The fourth-order valence-electron chi connectivity index (χ4n) is 1.88. The molecule has 0 radical (unpaired) electrons. The summed E-state index contributed by atoms with van der Waals surface area (Å²) in [5.41, 5.74) is 7.55. The van der Waals surface area contributed by atoms with Gasteiger partial charge in [-0.1, -0.05) is 0 Å². The molecule has 2 rings (SSSR count). The lowest BCUT2D eigenvalue weighted by Gasteiger charge is -2.25. The Morgan fingerprint density at radius 3 is 3.19 bits per heavy atom. The normalized spacial score (nSPS) is 18.4. The van der Waals surface area contributed by atoms with E-state index >= 15 is 0 Å². The lowest BCUT2D eigenvalue weighted by molar-refractivity contribution is -0.142. The number of rotatable bonds is 2. The summed E-state index contributed by atoms with van der Waals surface area (Å²) in [6, 6.07) is 5.58. The maximum Gasteiger partial charge on any atom is 0.309 e. The van der Waals surface area contributed by atoms with Crippen molar-refractivity contribution in [3.63, 3.8) is 0 Å². The maximum absolute atomic E-state index is 11.1. The van der Waals surface area contributed by atoms with Crippen molar-refractivity contribution in [3.05, 3.63) is 23.8 Å². The quantitative estimate of drug-likeness (QED) is 0.607. The molecule has 86 valence electrons. The summed E-state index contributed by atoms with van der Waals surface area (Å²) in [5, 5.41) is 0. The van der Waals surface area contributed by atoms with E-state index in [4.69, 9.17) is 10.5 Å². The Balaban J connectivity index is 2.06. The fourth-order valence-corrected chi connectivity index (χ4v) is 1.88. The number of fused-ring (bicyclic) bond motifs is 1. The number of carbonyl (C=O) groups is 1. The minimum Gasteiger partial charge on any atom is -0.490 e. The van der Waals surface area contributed by atoms with Crippen molar-refractivity contribution in [2.75, 3.05) is 12.8 Å². The molecule has 0 aromatic heterocycles. The van der Waals surface area contributed by atoms with Crippen LogP contribution < -0.4 is 10.5 Å². The second kappa shape index (κ2) is 4.43. The number of anilines is 1. The van der Waals surface area contributed by atoms with Crippen LogP contribution in [0, 0.1) is 0 Å². The molecule has 4 heteroatoms. The predicted octanol–water partition coefficient (Wildman–Crippen LogP) is 1.53. The highest BCUT2D eigenvalue weighted by molar-refractivity contribution is 5.69. The molecular weight excluding hydrogens is 206 g/mol. The van der Waals surface area contributed by atoms with Crippen molar-refractivity contribution in [3.8, 4) is 5.75 Å². The smallest absolute Gasteiger partial charge is 0.309 e. The Morgan fingerprint density at radius 2 is 2.44 bits per heavy atom. The van der Waals surface area contributed by atoms with E-state index in [0.29, 0.717) is 6.42 Å². The first-order chi connectivity index (χ1) is 7.69. The molecule has 1 aromatic rings. The molecule has 1 unspecified atom stereocenters. The zero-order valence-corrected chi connectivity index (χ0v) is 9.23. The van der Waals surface area contributed by atoms with Gasteiger partial charge in [0.1, 0.15) is 11.9 Å². The highest BCUT2D eigenvalue weighted by Crippen LogP contribution is 2.30. The number of aryl methyl sites for hydroxylation is 1. The summed E-state index contributed by atoms with van der Waals surface area (Å²) < 4.78 is 10.3. The van der Waals surface area contributed by atoms with Gasteiger partial charge in [-0.3, -0.25) is 4.79 Å². The van der Waals surface area contributed by atoms with Crippen LogP contribution in [-0.2, 0) is 16.0 Å². The van der Waals surface area contributed by atoms with E-state index < -0.39 is 0 Å². The third kappa shape index (κ3) is 2.27. The standard InChI is InChI=1S/C12H15NO3/c1-15-12(14)7-10-4-2-8-6-9(13)3-5-11(8)16-10/h3,5-6,10H,2,4,7,13H2,1H3. The highest BCUT2D eigenvalue weighted by Gasteiger charge is 2.22. The first kappa shape index (κ1) is 10.8. The van der Waals surface area contributed by atoms with Crippen LogP contribution in [0.1, 0.15) is 18.4 Å². The predicted molar refractivity (Wildman–Crippen MR) is 60.2 cm³/mol. The Labute approximate surface area is 94.3 Å². The number of nitrogen functional groups attached to an aromatic ring is 1. The van der Waals surface area contributed by atoms with Gasteiger partial charge >= 0.3 is 5.97 Å². The first-order valence-corrected chi connectivity index (χ1v) is 5.31. The molecule has 1 aromatic carbocycles. The molecule has 0 bridgehead atoms. The molecule has 0 saturated carbocycles. The third-order valence-electron chi connectivity index (χ3n) is 2.74. The van der Waals surface area contributed by atoms with E-state index in [-0.39, 0.29) is 12.1 Å². The Bertz CT molecular complexity index is 403. The van der Waals surface area contributed by atoms with E-state index in [2.05, 4.69) is 4.74 Å². The Morgan fingerprint density at radius 1 is 1.62 bits per heavy atom. The van der Waals surface area contributed by atoms with Crippen LogP contribution in [0.2, 0.25) is 0 Å². The van der Waals surface area contributed by atoms with Crippen LogP contribution >= 0.6 is 0 Å². The van der Waals surface area contributed by atoms with Crippen molar-refractivity contribution in [1.82, 2.24) is 0 Å². The van der Waals surface area contributed by atoms with Gasteiger partial charge in [0.05, 0.1) is 13.5 Å². The van der Waals surface area contributed by atoms with E-state index in [1.54, 1.807) is 6.07 Å². The van der Waals surface area contributed by atoms with Crippen LogP contribution in [0.3, 0.4) is 0 Å². The van der Waals surface area contributed by atoms with Gasteiger partial charge in [-0.15, -0.1) is 0 Å². The molecule has 1 aliphatic heterocycles. The van der Waals surface area contributed by atoms with E-state index in [9.17, 15) is 4.79 Å². The fraction of sp³-hybridized carbons (Fsp3) is 0.417. The van der Waals surface area contributed by atoms with Crippen molar-refractivity contribution in [2.45, 2.75) is 25.4 Å². The van der Waals surface area contributed by atoms with Gasteiger partial charge < -0.3 is 15.2 Å². The second-order valence-corrected chi connectivity index (χ2v) is 3.93. The van der Waals surface area contributed by atoms with Crippen molar-refractivity contribution in [2.24, 2.45) is 0 Å². The highest BCUT2D eigenvalue weighted by atomic mass is 16.5. The summed E-state index contributed by atoms with van der Waals surface area (Å²) >= 11 is 0. The molecule has 1 atom stereocenters. The number of esters is 1. The molecule has 0 amide bonds. The lowest BCUT2D eigenvalue weighted by Crippen LogP contribution is -2.26. The zero-order chi connectivity index (χ0) is 11.5. The molecule has 0 spiro atoms. The SMILES string of the molecule is COC(=O)CC1CCc2cc(N)ccc2O1. The summed E-state index contributed by atoms with van der Waals surface area (Å²) in [5.74, 6) is 0.596. The van der Waals surface area contributed by atoms with Crippen LogP contribution in [0.15, 0.2) is 18.2 Å². The summed E-state index contributed by atoms with van der Waals surface area (Å²) in [7, 11) is 1.39. The Kier molecular flexibility index (Phi) is 2.99. The van der Waals surface area contributed by atoms with E-state index in [1.165, 1.54) is 7.11 Å². The number of nitrogens with two attached hydrogens (primary N) is 1. The van der Waals surface area contributed by atoms with Crippen molar-refractivity contribution < 1.29 is 14.3 Å². The van der Waals surface area contributed by atoms with Gasteiger partial charge in [0.2, 0.25) is 0 Å². The van der Waals surface area contributed by atoms with Crippen LogP contribution in [0.5, 0.6) is 5.75 Å². The van der Waals surface area contributed by atoms with Gasteiger partial charge in [0.15, 0.2) is 0 Å². The second-order valence-electron chi connectivity index (χ2n) is 3.93. The van der Waals surface area contributed by atoms with Gasteiger partial charge in [-0.05, 0) is 36.6 Å². The Hall–Kier alpha value is -1.71. The number of methoxy groups -OCH3 is 1. The van der Waals surface area contributed by atoms with Gasteiger partial charge in [0.25, 0.3) is 0 Å². The lowest BCUT2D eigenvalue weighted by atomic mass is 10.00. The number of hydrogen-bond donors (Lipinski definition) is 1. The summed E-state index contributed by atoms with van der Waals surface area (Å²) in [6.45, 7) is 0. The average Bonchev–Trinajstić information content (AvgIpc) is 2.29. The van der Waals surface area contributed by atoms with Crippen LogP contribution in [0.25, 0.3) is 0 Å². The summed E-state index contributed by atoms with van der Waals surface area (Å²) in [6.07, 6.45) is 1.94. The molecule has 2 N–H and O–H groups in total. The molecule has 16 heavy (non-hydrogen) atoms. The summed E-state index contributed by atoms with van der Waals surface area (Å²) in [4.78, 5) is 11.1. The molecule has 0 fully saturated rings. The van der Waals surface area contributed by atoms with Crippen LogP contribution in [0.4, 0.5) is 5.69 Å². The zero-order valence-electron chi connectivity index (χ0n) is 9.23. The van der Waals surface area contributed by atoms with Gasteiger partial charge in [-0.25, -0.2) is 0 Å². The van der Waals surface area contributed by atoms with Gasteiger partial charge in [0, 0.05) is 5.69 Å². The van der Waals surface area contributed by atoms with Crippen molar-refractivity contribution >= 4 is 11.7 Å². The van der Waals surface area contributed by atoms with Gasteiger partial charge in [-0.2, -0.15) is 0 Å². The molecular formula is C12H15NO3. The third-order valence-corrected chi connectivity index (χ3v) is 2.74. The maximum atomic E-state index is 11.1. The van der Waals surface area contributed by atoms with Crippen molar-refractivity contribution in [1.29, 1.82) is 0 Å². The van der Waals surface area contributed by atoms with E-state index in [1.807, 2.05) is 12.1 Å². The van der Waals surface area contributed by atoms with E-state index in [0.717, 1.165) is 29.8 Å². The monoisotopic (exact) mass is 221 g/mol. The number of ether oxygens (including phenoxy) is 2. The number of carbonyl (C=O) groups excluding carboxylic acids is 1. The minimum absolute atomic E-state index is 0.0800. The van der Waals surface area contributed by atoms with Crippen LogP contribution in [-0.4, -0.2) is 19.2 Å². The number of hydrogen-bond acceptors (Lipinski definition) is 4. The molecule has 1 aliphatic rings. The first-order valence-electron chi connectivity index (χ1n) is 5.31.